The number of carbonyl (C=O) groups is 5. The number of hydrogen-bond donors (Lipinski definition) is 4. The topological polar surface area (TPSA) is 171 Å². The van der Waals surface area contributed by atoms with Crippen LogP contribution in [0.25, 0.3) is 0 Å². The Bertz CT molecular complexity index is 1530. The van der Waals surface area contributed by atoms with Gasteiger partial charge in [0, 0.05) is 13.1 Å². The molecule has 0 bridgehead atoms. The summed E-state index contributed by atoms with van der Waals surface area (Å²) in [6.45, 7) is 19.0. The maximum Gasteiger partial charge on any atom is 0.315 e. The maximum absolute atomic E-state index is 15.1. The standard InChI is InChI=1S/C41H67N5O7S/c1-9-25-42-35(49)32(47)30(28-18-17-19-28)43-34(48)31-29(39(6,7)10-2)20-26-46(31)36(50)33(40(8)21-13-11-14-22-40)44-37(51)45-41(23-15-12-16-24-41)27-54(52,53)38(3,4)5/h9-10,28-31,33H,1-2,11-27H2,3-8H3,(H,42,49)(H,43,48)(H2,44,45,51)/t29-,30-,31-,33+/m0/s1. The number of urea groups is 1. The lowest BCUT2D eigenvalue weighted by molar-refractivity contribution is -0.146. The highest BCUT2D eigenvalue weighted by atomic mass is 32.2. The van der Waals surface area contributed by atoms with Crippen molar-refractivity contribution in [3.05, 3.63) is 25.3 Å². The summed E-state index contributed by atoms with van der Waals surface area (Å²) in [4.78, 5) is 71.6. The molecule has 1 aliphatic heterocycles. The Kier molecular flexibility index (Phi) is 13.9. The minimum atomic E-state index is -3.59. The van der Waals surface area contributed by atoms with E-state index in [-0.39, 0.29) is 36.6 Å². The second-order valence-corrected chi connectivity index (χ2v) is 21.1. The average molecular weight is 774 g/mol. The fraction of sp³-hybridized carbons (Fsp3) is 0.780. The number of likely N-dealkylation sites (tertiary alicyclic amines) is 1. The van der Waals surface area contributed by atoms with Crippen LogP contribution < -0.4 is 21.3 Å². The lowest BCUT2D eigenvalue weighted by Crippen LogP contribution is -2.65. The molecule has 54 heavy (non-hydrogen) atoms. The van der Waals surface area contributed by atoms with Gasteiger partial charge in [-0.1, -0.05) is 77.9 Å². The van der Waals surface area contributed by atoms with E-state index in [0.717, 1.165) is 44.9 Å². The van der Waals surface area contributed by atoms with Gasteiger partial charge in [-0.2, -0.15) is 0 Å². The van der Waals surface area contributed by atoms with E-state index in [9.17, 15) is 27.6 Å². The molecule has 12 nitrogen and oxygen atoms in total. The highest BCUT2D eigenvalue weighted by Crippen LogP contribution is 2.44. The largest absolute Gasteiger partial charge is 0.346 e. The molecule has 13 heteroatoms. The van der Waals surface area contributed by atoms with Gasteiger partial charge in [-0.25, -0.2) is 13.2 Å². The number of hydrogen-bond acceptors (Lipinski definition) is 7. The predicted molar refractivity (Wildman–Crippen MR) is 211 cm³/mol. The summed E-state index contributed by atoms with van der Waals surface area (Å²) in [6, 6.07) is -3.60. The summed E-state index contributed by atoms with van der Waals surface area (Å²) in [5, 5.41) is 11.6. The van der Waals surface area contributed by atoms with Crippen LogP contribution in [0.1, 0.15) is 131 Å². The first-order chi connectivity index (χ1) is 25.2. The Balaban J connectivity index is 1.67. The molecule has 3 aliphatic carbocycles. The Morgan fingerprint density at radius 3 is 1.96 bits per heavy atom. The first-order valence-corrected chi connectivity index (χ1v) is 21.8. The lowest BCUT2D eigenvalue weighted by Gasteiger charge is -2.44. The van der Waals surface area contributed by atoms with Gasteiger partial charge in [-0.05, 0) is 88.4 Å². The van der Waals surface area contributed by atoms with Crippen molar-refractivity contribution < 1.29 is 32.4 Å². The van der Waals surface area contributed by atoms with Crippen LogP contribution in [0.2, 0.25) is 0 Å². The molecular weight excluding hydrogens is 707 g/mol. The summed E-state index contributed by atoms with van der Waals surface area (Å²) < 4.78 is 26.0. The van der Waals surface area contributed by atoms with Crippen LogP contribution >= 0.6 is 0 Å². The first-order valence-electron chi connectivity index (χ1n) is 20.2. The molecule has 4 rings (SSSR count). The molecule has 0 unspecified atom stereocenters. The van der Waals surface area contributed by atoms with Gasteiger partial charge in [-0.3, -0.25) is 19.2 Å². The predicted octanol–water partition coefficient (Wildman–Crippen LogP) is 5.13. The summed E-state index contributed by atoms with van der Waals surface area (Å²) in [7, 11) is -3.59. The van der Waals surface area contributed by atoms with E-state index < -0.39 is 72.7 Å². The highest BCUT2D eigenvalue weighted by molar-refractivity contribution is 7.92. The molecular formula is C41H67N5O7S. The summed E-state index contributed by atoms with van der Waals surface area (Å²) >= 11 is 0. The van der Waals surface area contributed by atoms with Crippen LogP contribution in [-0.2, 0) is 29.0 Å². The molecule has 1 heterocycles. The van der Waals surface area contributed by atoms with Crippen molar-refractivity contribution in [3.63, 3.8) is 0 Å². The van der Waals surface area contributed by atoms with Gasteiger partial charge in [0.05, 0.1) is 16.0 Å². The number of ketones is 1. The molecule has 304 valence electrons. The normalized spacial score (nSPS) is 24.2. The Hall–Kier alpha value is -3.22. The van der Waals surface area contributed by atoms with Crippen molar-refractivity contribution in [2.24, 2.45) is 22.7 Å². The van der Waals surface area contributed by atoms with Crippen LogP contribution in [-0.4, -0.2) is 90.1 Å². The zero-order valence-electron chi connectivity index (χ0n) is 33.7. The zero-order chi connectivity index (χ0) is 40.1. The molecule has 4 atom stereocenters. The van der Waals surface area contributed by atoms with Gasteiger partial charge in [0.1, 0.15) is 18.1 Å². The molecule has 3 saturated carbocycles. The van der Waals surface area contributed by atoms with Gasteiger partial charge < -0.3 is 26.2 Å². The van der Waals surface area contributed by atoms with Gasteiger partial charge in [-0.15, -0.1) is 13.2 Å². The second-order valence-electron chi connectivity index (χ2n) is 18.4. The van der Waals surface area contributed by atoms with Crippen LogP contribution in [0, 0.1) is 22.7 Å². The van der Waals surface area contributed by atoms with Crippen LogP contribution in [0.4, 0.5) is 4.79 Å². The number of amides is 5. The third-order valence-corrected chi connectivity index (χ3v) is 15.9. The molecule has 4 aliphatic rings. The SMILES string of the molecule is C=CCNC(=O)C(=O)[C@@H](NC(=O)[C@@H]1[C@@H](C(C)(C)C=C)CCN1C(=O)[C@@H](NC(=O)NC1(CS(=O)(=O)C(C)(C)C)CCCCC1)C1(C)CCCCC1)C1CCC1. The quantitative estimate of drug-likeness (QED) is 0.132. The van der Waals surface area contributed by atoms with E-state index in [4.69, 9.17) is 0 Å². The molecule has 0 aromatic carbocycles. The number of sulfone groups is 1. The third kappa shape index (κ3) is 9.77. The third-order valence-electron chi connectivity index (χ3n) is 13.1. The van der Waals surface area contributed by atoms with E-state index in [1.54, 1.807) is 31.7 Å². The Labute approximate surface area is 323 Å². The maximum atomic E-state index is 15.1. The van der Waals surface area contributed by atoms with Gasteiger partial charge in [0.2, 0.25) is 17.6 Å². The molecule has 5 amide bonds. The van der Waals surface area contributed by atoms with Crippen molar-refractivity contribution in [1.82, 2.24) is 26.2 Å². The van der Waals surface area contributed by atoms with Crippen molar-refractivity contribution >= 4 is 39.4 Å². The number of rotatable bonds is 15. The number of allylic oxidation sites excluding steroid dienone is 1. The zero-order valence-corrected chi connectivity index (χ0v) is 34.5. The summed E-state index contributed by atoms with van der Waals surface area (Å²) in [5.41, 5.74) is -2.16. The van der Waals surface area contributed by atoms with E-state index in [2.05, 4.69) is 34.4 Å². The monoisotopic (exact) mass is 773 g/mol. The second kappa shape index (κ2) is 17.3. The minimum absolute atomic E-state index is 0.116. The molecule has 0 spiro atoms. The fourth-order valence-electron chi connectivity index (χ4n) is 8.97. The minimum Gasteiger partial charge on any atom is -0.346 e. The molecule has 4 N–H and O–H groups in total. The number of nitrogens with one attached hydrogen (secondary N) is 4. The molecule has 0 radical (unpaired) electrons. The fourth-order valence-corrected chi connectivity index (χ4v) is 10.5. The van der Waals surface area contributed by atoms with E-state index >= 15 is 4.79 Å². The molecule has 1 saturated heterocycles. The summed E-state index contributed by atoms with van der Waals surface area (Å²) in [6.07, 6.45) is 13.7. The molecule has 4 fully saturated rings. The van der Waals surface area contributed by atoms with Crippen molar-refractivity contribution in [2.45, 2.75) is 160 Å². The Morgan fingerprint density at radius 1 is 0.852 bits per heavy atom. The lowest BCUT2D eigenvalue weighted by atomic mass is 9.69. The van der Waals surface area contributed by atoms with Crippen LogP contribution in [0.5, 0.6) is 0 Å². The van der Waals surface area contributed by atoms with E-state index in [1.165, 1.54) is 6.08 Å². The number of nitrogens with zero attached hydrogens (tertiary/aromatic N) is 1. The van der Waals surface area contributed by atoms with E-state index in [1.807, 2.05) is 20.8 Å². The van der Waals surface area contributed by atoms with Crippen LogP contribution in [0.15, 0.2) is 25.3 Å². The van der Waals surface area contributed by atoms with Crippen LogP contribution in [0.3, 0.4) is 0 Å². The first kappa shape index (κ1) is 43.5. The average Bonchev–Trinajstić information content (AvgIpc) is 3.54. The number of carbonyl (C=O) groups excluding carboxylic acids is 5. The van der Waals surface area contributed by atoms with E-state index in [0.29, 0.717) is 44.9 Å². The van der Waals surface area contributed by atoms with Gasteiger partial charge in [0.15, 0.2) is 9.84 Å². The van der Waals surface area contributed by atoms with Crippen molar-refractivity contribution in [1.29, 1.82) is 0 Å². The van der Waals surface area contributed by atoms with Gasteiger partial charge >= 0.3 is 6.03 Å². The van der Waals surface area contributed by atoms with Crippen molar-refractivity contribution in [3.8, 4) is 0 Å². The molecule has 0 aromatic rings. The Morgan fingerprint density at radius 2 is 1.44 bits per heavy atom. The smallest absolute Gasteiger partial charge is 0.315 e. The number of Topliss-reactive ketones (excluding diaryl/α,β-unsaturated/α-hetero) is 1. The van der Waals surface area contributed by atoms with Gasteiger partial charge in [0.25, 0.3) is 5.91 Å². The highest BCUT2D eigenvalue weighted by Gasteiger charge is 2.53. The summed E-state index contributed by atoms with van der Waals surface area (Å²) in [5.74, 6) is -3.14. The van der Waals surface area contributed by atoms with Crippen molar-refractivity contribution in [2.75, 3.05) is 18.8 Å². The molecule has 0 aromatic heterocycles.